The van der Waals surface area contributed by atoms with Gasteiger partial charge in [0.2, 0.25) is 0 Å². The summed E-state index contributed by atoms with van der Waals surface area (Å²) in [5, 5.41) is 3.80. The summed E-state index contributed by atoms with van der Waals surface area (Å²) >= 11 is 6.10. The van der Waals surface area contributed by atoms with Crippen LogP contribution in [-0.2, 0) is 0 Å². The highest BCUT2D eigenvalue weighted by Gasteiger charge is 2.09. The van der Waals surface area contributed by atoms with E-state index >= 15 is 0 Å². The maximum absolute atomic E-state index is 6.10. The van der Waals surface area contributed by atoms with Crippen LogP contribution >= 0.6 is 11.6 Å². The molecule has 2 rings (SSSR count). The monoisotopic (exact) mass is 262 g/mol. The summed E-state index contributed by atoms with van der Waals surface area (Å²) in [7, 11) is 0. The molecule has 94 valence electrons. The molecule has 0 saturated heterocycles. The second kappa shape index (κ2) is 5.78. The Labute approximate surface area is 111 Å². The molecule has 0 bridgehead atoms. The van der Waals surface area contributed by atoms with Crippen LogP contribution in [0.3, 0.4) is 0 Å². The minimum absolute atomic E-state index is 0.555. The molecule has 0 aromatic carbocycles. The Bertz CT molecular complexity index is 542. The highest BCUT2D eigenvalue weighted by atomic mass is 35.5. The van der Waals surface area contributed by atoms with E-state index in [0.717, 1.165) is 24.5 Å². The van der Waals surface area contributed by atoms with Gasteiger partial charge in [-0.25, -0.2) is 9.97 Å². The van der Waals surface area contributed by atoms with Gasteiger partial charge in [0.25, 0.3) is 0 Å². The van der Waals surface area contributed by atoms with Gasteiger partial charge in [0.15, 0.2) is 5.82 Å². The third-order valence-corrected chi connectivity index (χ3v) is 2.69. The maximum Gasteiger partial charge on any atom is 0.181 e. The van der Waals surface area contributed by atoms with E-state index in [-0.39, 0.29) is 0 Å². The summed E-state index contributed by atoms with van der Waals surface area (Å²) in [6.45, 7) is 4.92. The molecule has 0 aliphatic rings. The molecular formula is C13H15ClN4. The first-order valence-electron chi connectivity index (χ1n) is 5.91. The van der Waals surface area contributed by atoms with Crippen molar-refractivity contribution in [2.45, 2.75) is 20.3 Å². The number of halogens is 1. The molecule has 1 N–H and O–H groups in total. The standard InChI is InChI=1S/C13H15ClN4/c1-3-6-15-11-8-9(2)17-13(18-11)12-10(14)5-4-7-16-12/h4-5,7-8H,3,6H2,1-2H3,(H,15,17,18). The number of anilines is 1. The number of nitrogens with zero attached hydrogens (tertiary/aromatic N) is 3. The molecule has 0 unspecified atom stereocenters. The van der Waals surface area contributed by atoms with Crippen LogP contribution in [0.25, 0.3) is 11.5 Å². The zero-order valence-corrected chi connectivity index (χ0v) is 11.2. The zero-order valence-electron chi connectivity index (χ0n) is 10.4. The Morgan fingerprint density at radius 3 is 2.89 bits per heavy atom. The Hall–Kier alpha value is -1.68. The van der Waals surface area contributed by atoms with Crippen molar-refractivity contribution in [3.05, 3.63) is 35.1 Å². The quantitative estimate of drug-likeness (QED) is 0.918. The van der Waals surface area contributed by atoms with Gasteiger partial charge in [-0.1, -0.05) is 18.5 Å². The van der Waals surface area contributed by atoms with E-state index < -0.39 is 0 Å². The van der Waals surface area contributed by atoms with E-state index in [1.807, 2.05) is 13.0 Å². The maximum atomic E-state index is 6.10. The second-order valence-corrected chi connectivity index (χ2v) is 4.39. The average Bonchev–Trinajstić information content (AvgIpc) is 2.36. The molecule has 0 saturated carbocycles. The molecule has 2 aromatic rings. The lowest BCUT2D eigenvalue weighted by molar-refractivity contribution is 0.961. The van der Waals surface area contributed by atoms with E-state index in [9.17, 15) is 0 Å². The predicted octanol–water partition coefficient (Wildman–Crippen LogP) is 3.32. The van der Waals surface area contributed by atoms with Gasteiger partial charge >= 0.3 is 0 Å². The van der Waals surface area contributed by atoms with Crippen LogP contribution in [0, 0.1) is 6.92 Å². The topological polar surface area (TPSA) is 50.7 Å². The molecule has 5 heteroatoms. The molecule has 0 spiro atoms. The number of aromatic nitrogens is 3. The summed E-state index contributed by atoms with van der Waals surface area (Å²) in [6.07, 6.45) is 2.73. The van der Waals surface area contributed by atoms with Crippen LogP contribution in [0.2, 0.25) is 5.02 Å². The first kappa shape index (κ1) is 12.8. The fourth-order valence-corrected chi connectivity index (χ4v) is 1.77. The van der Waals surface area contributed by atoms with Crippen LogP contribution in [0.15, 0.2) is 24.4 Å². The molecule has 2 heterocycles. The van der Waals surface area contributed by atoms with Gasteiger partial charge < -0.3 is 5.32 Å². The van der Waals surface area contributed by atoms with Crippen LogP contribution < -0.4 is 5.32 Å². The molecule has 0 aliphatic carbocycles. The van der Waals surface area contributed by atoms with Gasteiger partial charge in [0.05, 0.1) is 5.02 Å². The van der Waals surface area contributed by atoms with Crippen molar-refractivity contribution in [1.82, 2.24) is 15.0 Å². The highest BCUT2D eigenvalue weighted by Crippen LogP contribution is 2.23. The van der Waals surface area contributed by atoms with E-state index in [1.54, 1.807) is 18.3 Å². The van der Waals surface area contributed by atoms with Crippen molar-refractivity contribution in [2.24, 2.45) is 0 Å². The summed E-state index contributed by atoms with van der Waals surface area (Å²) in [5.74, 6) is 1.36. The fraction of sp³-hybridized carbons (Fsp3) is 0.308. The lowest BCUT2D eigenvalue weighted by Gasteiger charge is -2.08. The number of pyridine rings is 1. The van der Waals surface area contributed by atoms with Gasteiger partial charge in [-0.15, -0.1) is 0 Å². The Kier molecular flexibility index (Phi) is 4.10. The van der Waals surface area contributed by atoms with Crippen LogP contribution in [0.1, 0.15) is 19.0 Å². The number of hydrogen-bond acceptors (Lipinski definition) is 4. The van der Waals surface area contributed by atoms with E-state index in [4.69, 9.17) is 11.6 Å². The van der Waals surface area contributed by atoms with Gasteiger partial charge in [0, 0.05) is 24.5 Å². The molecule has 18 heavy (non-hydrogen) atoms. The van der Waals surface area contributed by atoms with Crippen molar-refractivity contribution in [1.29, 1.82) is 0 Å². The van der Waals surface area contributed by atoms with Gasteiger partial charge in [-0.2, -0.15) is 0 Å². The Morgan fingerprint density at radius 2 is 2.17 bits per heavy atom. The third kappa shape index (κ3) is 2.96. The van der Waals surface area contributed by atoms with E-state index in [1.165, 1.54) is 0 Å². The van der Waals surface area contributed by atoms with Gasteiger partial charge in [0.1, 0.15) is 11.5 Å². The number of rotatable bonds is 4. The summed E-state index contributed by atoms with van der Waals surface area (Å²) in [5.41, 5.74) is 1.50. The SMILES string of the molecule is CCCNc1cc(C)nc(-c2ncccc2Cl)n1. The minimum Gasteiger partial charge on any atom is -0.370 e. The molecular weight excluding hydrogens is 248 g/mol. The molecule has 0 radical (unpaired) electrons. The molecule has 2 aromatic heterocycles. The van der Waals surface area contributed by atoms with E-state index in [0.29, 0.717) is 16.5 Å². The lowest BCUT2D eigenvalue weighted by atomic mass is 10.3. The number of aryl methyl sites for hydroxylation is 1. The molecule has 0 amide bonds. The first-order valence-corrected chi connectivity index (χ1v) is 6.29. The fourth-order valence-electron chi connectivity index (χ4n) is 1.57. The van der Waals surface area contributed by atoms with Crippen molar-refractivity contribution >= 4 is 17.4 Å². The van der Waals surface area contributed by atoms with Crippen molar-refractivity contribution in [3.63, 3.8) is 0 Å². The predicted molar refractivity (Wildman–Crippen MR) is 73.8 cm³/mol. The minimum atomic E-state index is 0.555. The van der Waals surface area contributed by atoms with Crippen molar-refractivity contribution in [2.75, 3.05) is 11.9 Å². The highest BCUT2D eigenvalue weighted by molar-refractivity contribution is 6.32. The third-order valence-electron chi connectivity index (χ3n) is 2.38. The van der Waals surface area contributed by atoms with E-state index in [2.05, 4.69) is 27.2 Å². The molecule has 0 aliphatic heterocycles. The van der Waals surface area contributed by atoms with Gasteiger partial charge in [-0.3, -0.25) is 4.98 Å². The Morgan fingerprint density at radius 1 is 1.33 bits per heavy atom. The first-order chi connectivity index (χ1) is 8.70. The molecule has 4 nitrogen and oxygen atoms in total. The summed E-state index contributed by atoms with van der Waals surface area (Å²) < 4.78 is 0. The Balaban J connectivity index is 2.39. The summed E-state index contributed by atoms with van der Waals surface area (Å²) in [6, 6.07) is 5.49. The second-order valence-electron chi connectivity index (χ2n) is 3.98. The normalized spacial score (nSPS) is 10.4. The zero-order chi connectivity index (χ0) is 13.0. The number of nitrogens with one attached hydrogen (secondary N) is 1. The molecule has 0 fully saturated rings. The van der Waals surface area contributed by atoms with Crippen LogP contribution in [0.4, 0.5) is 5.82 Å². The molecule has 0 atom stereocenters. The van der Waals surface area contributed by atoms with Crippen LogP contribution in [0.5, 0.6) is 0 Å². The largest absolute Gasteiger partial charge is 0.370 e. The number of hydrogen-bond donors (Lipinski definition) is 1. The smallest absolute Gasteiger partial charge is 0.181 e. The van der Waals surface area contributed by atoms with Crippen molar-refractivity contribution in [3.8, 4) is 11.5 Å². The van der Waals surface area contributed by atoms with Gasteiger partial charge in [-0.05, 0) is 25.5 Å². The lowest BCUT2D eigenvalue weighted by Crippen LogP contribution is -2.05. The van der Waals surface area contributed by atoms with Crippen LogP contribution in [-0.4, -0.2) is 21.5 Å². The van der Waals surface area contributed by atoms with Crippen molar-refractivity contribution < 1.29 is 0 Å². The average molecular weight is 263 g/mol. The summed E-state index contributed by atoms with van der Waals surface area (Å²) in [4.78, 5) is 13.0.